The third-order valence-electron chi connectivity index (χ3n) is 5.83. The number of nitrogens with one attached hydrogen (secondary N) is 1. The predicted octanol–water partition coefficient (Wildman–Crippen LogP) is 5.19. The molecule has 1 atom stereocenters. The minimum Gasteiger partial charge on any atom is -0.316 e. The third kappa shape index (κ3) is 3.59. The number of fused-ring (bicyclic) bond motifs is 1. The van der Waals surface area contributed by atoms with Crippen LogP contribution in [0, 0.1) is 20.8 Å². The van der Waals surface area contributed by atoms with Gasteiger partial charge >= 0.3 is 0 Å². The molecule has 0 radical (unpaired) electrons. The summed E-state index contributed by atoms with van der Waals surface area (Å²) in [4.78, 5) is 16.8. The lowest BCUT2D eigenvalue weighted by molar-refractivity contribution is 0.240. The highest BCUT2D eigenvalue weighted by molar-refractivity contribution is 7.13. The van der Waals surface area contributed by atoms with Crippen molar-refractivity contribution in [2.75, 3.05) is 11.9 Å². The van der Waals surface area contributed by atoms with Crippen molar-refractivity contribution >= 4 is 27.9 Å². The maximum absolute atomic E-state index is 4.93. The largest absolute Gasteiger partial charge is 0.316 e. The fourth-order valence-corrected chi connectivity index (χ4v) is 5.02. The zero-order valence-corrected chi connectivity index (χ0v) is 18.4. The van der Waals surface area contributed by atoms with Crippen molar-refractivity contribution in [1.29, 1.82) is 0 Å². The van der Waals surface area contributed by atoms with Gasteiger partial charge in [0.15, 0.2) is 5.13 Å². The average Bonchev–Trinajstić information content (AvgIpc) is 3.44. The van der Waals surface area contributed by atoms with E-state index in [9.17, 15) is 0 Å². The highest BCUT2D eigenvalue weighted by Gasteiger charge is 2.28. The molecule has 0 spiro atoms. The first kappa shape index (κ1) is 19.2. The number of rotatable bonds is 5. The summed E-state index contributed by atoms with van der Waals surface area (Å²) in [6.45, 7) is 8.20. The Morgan fingerprint density at radius 1 is 1.10 bits per heavy atom. The summed E-state index contributed by atoms with van der Waals surface area (Å²) in [6, 6.07) is 10.8. The molecule has 0 saturated carbocycles. The zero-order valence-electron chi connectivity index (χ0n) is 17.6. The average molecular weight is 419 g/mol. The quantitative estimate of drug-likeness (QED) is 0.483. The topological polar surface area (TPSA) is 58.4 Å². The van der Waals surface area contributed by atoms with Gasteiger partial charge < -0.3 is 9.72 Å². The van der Waals surface area contributed by atoms with Gasteiger partial charge in [-0.15, -0.1) is 11.3 Å². The predicted molar refractivity (Wildman–Crippen MR) is 121 cm³/mol. The summed E-state index contributed by atoms with van der Waals surface area (Å²) in [5.74, 6) is 0.857. The van der Waals surface area contributed by atoms with E-state index >= 15 is 0 Å². The normalized spacial score (nSPS) is 17.1. The molecular weight excluding hydrogens is 392 g/mol. The molecule has 0 aromatic carbocycles. The summed E-state index contributed by atoms with van der Waals surface area (Å²) in [6.07, 6.45) is 4.44. The van der Waals surface area contributed by atoms with Crippen molar-refractivity contribution < 1.29 is 0 Å². The monoisotopic (exact) mass is 418 g/mol. The summed E-state index contributed by atoms with van der Waals surface area (Å²) in [5, 5.41) is 6.28. The van der Waals surface area contributed by atoms with E-state index in [0.717, 1.165) is 53.2 Å². The Kier molecular flexibility index (Phi) is 5.00. The molecule has 1 aliphatic heterocycles. The first-order chi connectivity index (χ1) is 14.6. The second-order valence-corrected chi connectivity index (χ2v) is 8.88. The Hall–Kier alpha value is -2.77. The van der Waals surface area contributed by atoms with Crippen LogP contribution < -0.4 is 5.32 Å². The van der Waals surface area contributed by atoms with Gasteiger partial charge in [0.2, 0.25) is 0 Å². The van der Waals surface area contributed by atoms with Crippen LogP contribution in [0.25, 0.3) is 5.65 Å². The molecule has 4 aromatic heterocycles. The minimum atomic E-state index is 0.319. The van der Waals surface area contributed by atoms with Crippen molar-refractivity contribution in [3.63, 3.8) is 0 Å². The first-order valence-corrected chi connectivity index (χ1v) is 11.3. The summed E-state index contributed by atoms with van der Waals surface area (Å²) in [5.41, 5.74) is 6.80. The van der Waals surface area contributed by atoms with Crippen LogP contribution in [0.4, 0.5) is 10.9 Å². The zero-order chi connectivity index (χ0) is 20.7. The molecule has 4 aromatic rings. The van der Waals surface area contributed by atoms with Gasteiger partial charge in [0.05, 0.1) is 28.8 Å². The fraction of sp³-hybridized carbons (Fsp3) is 0.348. The van der Waals surface area contributed by atoms with Crippen molar-refractivity contribution in [2.45, 2.75) is 46.2 Å². The van der Waals surface area contributed by atoms with Gasteiger partial charge in [-0.2, -0.15) is 0 Å². The highest BCUT2D eigenvalue weighted by atomic mass is 32.1. The van der Waals surface area contributed by atoms with Crippen molar-refractivity contribution in [3.8, 4) is 0 Å². The van der Waals surface area contributed by atoms with E-state index in [4.69, 9.17) is 9.97 Å². The van der Waals surface area contributed by atoms with Crippen molar-refractivity contribution in [3.05, 3.63) is 70.2 Å². The van der Waals surface area contributed by atoms with E-state index in [2.05, 4.69) is 63.9 Å². The molecule has 1 saturated heterocycles. The number of hydrogen-bond acceptors (Lipinski definition) is 6. The van der Waals surface area contributed by atoms with Crippen LogP contribution >= 0.6 is 11.3 Å². The molecule has 1 aliphatic rings. The summed E-state index contributed by atoms with van der Waals surface area (Å²) in [7, 11) is 0. The lowest BCUT2D eigenvalue weighted by Crippen LogP contribution is -2.24. The van der Waals surface area contributed by atoms with Gasteiger partial charge in [-0.1, -0.05) is 12.1 Å². The number of anilines is 2. The Bertz CT molecular complexity index is 1190. The van der Waals surface area contributed by atoms with Crippen LogP contribution in [0.5, 0.6) is 0 Å². The number of pyridine rings is 2. The summed E-state index contributed by atoms with van der Waals surface area (Å²) >= 11 is 1.61. The van der Waals surface area contributed by atoms with E-state index < -0.39 is 0 Å². The lowest BCUT2D eigenvalue weighted by Gasteiger charge is -2.24. The van der Waals surface area contributed by atoms with Gasteiger partial charge in [-0.3, -0.25) is 4.90 Å². The van der Waals surface area contributed by atoms with Crippen LogP contribution in [0.15, 0.2) is 41.9 Å². The molecule has 1 fully saturated rings. The van der Waals surface area contributed by atoms with E-state index in [-0.39, 0.29) is 0 Å². The molecule has 30 heavy (non-hydrogen) atoms. The van der Waals surface area contributed by atoms with Gasteiger partial charge in [0.1, 0.15) is 11.5 Å². The van der Waals surface area contributed by atoms with Gasteiger partial charge in [0, 0.05) is 18.1 Å². The number of imidazole rings is 1. The molecule has 5 rings (SSSR count). The Balaban J connectivity index is 1.40. The highest BCUT2D eigenvalue weighted by Crippen LogP contribution is 2.33. The standard InChI is InChI=1S/C23H26N6S/c1-15-7-5-12-29-20(17(3)25-22(15)29)13-28-11-6-9-19(28)18-8-4-10-21(26-18)27-23-24-16(2)14-30-23/h4-5,7-8,10,12,14,19H,6,9,11,13H2,1-3H3,(H,24,26,27)/t19-/m1/s1. The van der Waals surface area contributed by atoms with Gasteiger partial charge in [0.25, 0.3) is 0 Å². The van der Waals surface area contributed by atoms with E-state index in [1.54, 1.807) is 11.3 Å². The molecule has 1 N–H and O–H groups in total. The fourth-order valence-electron chi connectivity index (χ4n) is 4.33. The van der Waals surface area contributed by atoms with Crippen molar-refractivity contribution in [2.24, 2.45) is 0 Å². The van der Waals surface area contributed by atoms with Gasteiger partial charge in [-0.05, 0) is 63.9 Å². The number of nitrogens with zero attached hydrogens (tertiary/aromatic N) is 5. The third-order valence-corrected chi connectivity index (χ3v) is 6.70. The van der Waals surface area contributed by atoms with Crippen LogP contribution in [-0.2, 0) is 6.54 Å². The van der Waals surface area contributed by atoms with Crippen LogP contribution in [0.1, 0.15) is 47.2 Å². The van der Waals surface area contributed by atoms with E-state index in [0.29, 0.717) is 6.04 Å². The Labute approximate surface area is 180 Å². The number of likely N-dealkylation sites (tertiary alicyclic amines) is 1. The van der Waals surface area contributed by atoms with Crippen LogP contribution in [0.2, 0.25) is 0 Å². The molecule has 6 nitrogen and oxygen atoms in total. The second-order valence-electron chi connectivity index (χ2n) is 8.02. The van der Waals surface area contributed by atoms with Crippen LogP contribution in [0.3, 0.4) is 0 Å². The van der Waals surface area contributed by atoms with Crippen LogP contribution in [-0.4, -0.2) is 30.8 Å². The number of hydrogen-bond donors (Lipinski definition) is 1. The molecular formula is C23H26N6S. The second kappa shape index (κ2) is 7.81. The molecule has 0 aliphatic carbocycles. The molecule has 7 heteroatoms. The Morgan fingerprint density at radius 2 is 2.00 bits per heavy atom. The maximum Gasteiger partial charge on any atom is 0.188 e. The SMILES string of the molecule is Cc1csc(Nc2cccc([C@H]3CCCN3Cc3c(C)nc4c(C)cccn34)n2)n1. The molecule has 0 amide bonds. The number of aryl methyl sites for hydroxylation is 3. The number of thiazole rings is 1. The first-order valence-electron chi connectivity index (χ1n) is 10.4. The molecule has 0 bridgehead atoms. The van der Waals surface area contributed by atoms with E-state index in [1.165, 1.54) is 17.7 Å². The number of aromatic nitrogens is 4. The minimum absolute atomic E-state index is 0.319. The molecule has 5 heterocycles. The maximum atomic E-state index is 4.93. The smallest absolute Gasteiger partial charge is 0.188 e. The van der Waals surface area contributed by atoms with E-state index in [1.807, 2.05) is 18.4 Å². The Morgan fingerprint density at radius 3 is 2.83 bits per heavy atom. The molecule has 154 valence electrons. The lowest BCUT2D eigenvalue weighted by atomic mass is 10.1. The van der Waals surface area contributed by atoms with Crippen molar-refractivity contribution in [1.82, 2.24) is 24.3 Å². The molecule has 0 unspecified atom stereocenters. The summed E-state index contributed by atoms with van der Waals surface area (Å²) < 4.78 is 2.25. The van der Waals surface area contributed by atoms with Gasteiger partial charge in [-0.25, -0.2) is 15.0 Å².